The molecule has 7 heteroatoms. The molecule has 1 aliphatic rings. The van der Waals surface area contributed by atoms with Gasteiger partial charge in [0.2, 0.25) is 5.91 Å². The highest BCUT2D eigenvalue weighted by molar-refractivity contribution is 5.80. The van der Waals surface area contributed by atoms with E-state index in [1.54, 1.807) is 0 Å². The zero-order valence-corrected chi connectivity index (χ0v) is 39.2. The summed E-state index contributed by atoms with van der Waals surface area (Å²) < 4.78 is 11.7. The average Bonchev–Trinajstić information content (AvgIpc) is 4.08. The number of carbonyl (C=O) groups excluding carboxylic acids is 3. The van der Waals surface area contributed by atoms with Crippen LogP contribution in [0.4, 0.5) is 0 Å². The third-order valence-electron chi connectivity index (χ3n) is 12.4. The molecular weight excluding hydrogens is 721 g/mol. The first-order valence-corrected chi connectivity index (χ1v) is 25.8. The lowest BCUT2D eigenvalue weighted by Crippen LogP contribution is -2.32. The first-order valence-electron chi connectivity index (χ1n) is 25.8. The molecule has 0 bridgehead atoms. The Labute approximate surface area is 360 Å². The number of esters is 2. The van der Waals surface area contributed by atoms with E-state index in [1.165, 1.54) is 141 Å². The van der Waals surface area contributed by atoms with Gasteiger partial charge in [0.25, 0.3) is 0 Å². The maximum Gasteiger partial charge on any atom is 0.306 e. The zero-order valence-electron chi connectivity index (χ0n) is 39.2. The van der Waals surface area contributed by atoms with Gasteiger partial charge in [-0.3, -0.25) is 14.4 Å². The molecule has 0 aromatic carbocycles. The van der Waals surface area contributed by atoms with E-state index in [4.69, 9.17) is 9.47 Å². The molecule has 0 saturated heterocycles. The predicted molar refractivity (Wildman–Crippen MR) is 246 cm³/mol. The van der Waals surface area contributed by atoms with Gasteiger partial charge < -0.3 is 19.7 Å². The van der Waals surface area contributed by atoms with Crippen molar-refractivity contribution in [3.63, 3.8) is 0 Å². The highest BCUT2D eigenvalue weighted by atomic mass is 16.5. The standard InChI is InChI=1S/C51H98N2O5/c1-5-9-13-15-19-25-34-48(35-26-20-16-14-10-6-2)58-50(55)37-28-22-18-24-30-43-53(44-31-41-52-51(56)47-38-39-47)42-29-23-17-21-27-36-49(54)57-45-40-46(32-11-7-3)33-12-8-4/h46-48H,5-45H2,1-4H3,(H,52,56). The van der Waals surface area contributed by atoms with Crippen molar-refractivity contribution < 1.29 is 23.9 Å². The highest BCUT2D eigenvalue weighted by Gasteiger charge is 2.29. The number of amides is 1. The number of ether oxygens (including phenoxy) is 2. The lowest BCUT2D eigenvalue weighted by molar-refractivity contribution is -0.150. The summed E-state index contributed by atoms with van der Waals surface area (Å²) >= 11 is 0. The fourth-order valence-corrected chi connectivity index (χ4v) is 8.25. The van der Waals surface area contributed by atoms with Gasteiger partial charge in [0.1, 0.15) is 6.10 Å². The minimum Gasteiger partial charge on any atom is -0.466 e. The smallest absolute Gasteiger partial charge is 0.306 e. The van der Waals surface area contributed by atoms with E-state index in [-0.39, 0.29) is 29.9 Å². The Morgan fingerprint density at radius 1 is 0.500 bits per heavy atom. The van der Waals surface area contributed by atoms with Crippen LogP contribution >= 0.6 is 0 Å². The van der Waals surface area contributed by atoms with Crippen LogP contribution in [0, 0.1) is 11.8 Å². The van der Waals surface area contributed by atoms with Crippen molar-refractivity contribution in [3.8, 4) is 0 Å². The summed E-state index contributed by atoms with van der Waals surface area (Å²) in [7, 11) is 0. The average molecular weight is 819 g/mol. The summed E-state index contributed by atoms with van der Waals surface area (Å²) in [6.45, 7) is 13.6. The molecule has 0 atom stereocenters. The Kier molecular flexibility index (Phi) is 38.2. The lowest BCUT2D eigenvalue weighted by Gasteiger charge is -2.22. The summed E-state index contributed by atoms with van der Waals surface area (Å²) in [5.41, 5.74) is 0. The van der Waals surface area contributed by atoms with Crippen LogP contribution in [0.5, 0.6) is 0 Å². The van der Waals surface area contributed by atoms with Crippen LogP contribution in [-0.2, 0) is 23.9 Å². The predicted octanol–water partition coefficient (Wildman–Crippen LogP) is 14.2. The quantitative estimate of drug-likeness (QED) is 0.0487. The molecule has 0 heterocycles. The second kappa shape index (κ2) is 40.8. The number of rotatable bonds is 45. The molecule has 7 nitrogen and oxygen atoms in total. The van der Waals surface area contributed by atoms with Crippen LogP contribution in [0.15, 0.2) is 0 Å². The van der Waals surface area contributed by atoms with Gasteiger partial charge in [-0.2, -0.15) is 0 Å². The number of hydrogen-bond acceptors (Lipinski definition) is 6. The van der Waals surface area contributed by atoms with E-state index >= 15 is 0 Å². The van der Waals surface area contributed by atoms with Gasteiger partial charge in [0.05, 0.1) is 6.61 Å². The molecule has 0 aromatic heterocycles. The van der Waals surface area contributed by atoms with Crippen molar-refractivity contribution in [2.45, 2.75) is 265 Å². The van der Waals surface area contributed by atoms with Crippen molar-refractivity contribution in [3.05, 3.63) is 0 Å². The van der Waals surface area contributed by atoms with Crippen LogP contribution in [0.3, 0.4) is 0 Å². The van der Waals surface area contributed by atoms with Crippen molar-refractivity contribution >= 4 is 17.8 Å². The minimum absolute atomic E-state index is 0.0177. The summed E-state index contributed by atoms with van der Waals surface area (Å²) in [5.74, 6) is 1.22. The van der Waals surface area contributed by atoms with Gasteiger partial charge in [0.15, 0.2) is 0 Å². The first kappa shape index (κ1) is 54.4. The van der Waals surface area contributed by atoms with Crippen LogP contribution in [0.25, 0.3) is 0 Å². The second-order valence-electron chi connectivity index (χ2n) is 18.2. The summed E-state index contributed by atoms with van der Waals surface area (Å²) in [6.07, 6.45) is 41.4. The molecule has 1 aliphatic carbocycles. The Morgan fingerprint density at radius 3 is 1.47 bits per heavy atom. The van der Waals surface area contributed by atoms with Crippen molar-refractivity contribution in [1.29, 1.82) is 0 Å². The van der Waals surface area contributed by atoms with Crippen molar-refractivity contribution in [2.24, 2.45) is 11.8 Å². The lowest BCUT2D eigenvalue weighted by atomic mass is 9.93. The zero-order chi connectivity index (χ0) is 42.2. The Hall–Kier alpha value is -1.63. The highest BCUT2D eigenvalue weighted by Crippen LogP contribution is 2.28. The van der Waals surface area contributed by atoms with Crippen LogP contribution in [0.2, 0.25) is 0 Å². The third-order valence-corrected chi connectivity index (χ3v) is 12.4. The van der Waals surface area contributed by atoms with Gasteiger partial charge in [0, 0.05) is 25.3 Å². The molecular formula is C51H98N2O5. The third kappa shape index (κ3) is 35.2. The molecule has 1 fully saturated rings. The van der Waals surface area contributed by atoms with Gasteiger partial charge >= 0.3 is 11.9 Å². The molecule has 0 radical (unpaired) electrons. The molecule has 0 aliphatic heterocycles. The molecule has 1 amide bonds. The molecule has 0 aromatic rings. The normalized spacial score (nSPS) is 12.9. The maximum absolute atomic E-state index is 12.8. The SMILES string of the molecule is CCCCCCCCC(CCCCCCCC)OC(=O)CCCCCCCN(CCCCCCCC(=O)OCCC(CCCC)CCCC)CCCNC(=O)C1CC1. The van der Waals surface area contributed by atoms with E-state index in [9.17, 15) is 14.4 Å². The van der Waals surface area contributed by atoms with E-state index in [2.05, 4.69) is 37.9 Å². The van der Waals surface area contributed by atoms with Crippen LogP contribution < -0.4 is 5.32 Å². The van der Waals surface area contributed by atoms with Crippen molar-refractivity contribution in [1.82, 2.24) is 10.2 Å². The van der Waals surface area contributed by atoms with Gasteiger partial charge in [-0.1, -0.05) is 169 Å². The topological polar surface area (TPSA) is 84.9 Å². The van der Waals surface area contributed by atoms with Crippen LogP contribution in [0.1, 0.15) is 259 Å². The van der Waals surface area contributed by atoms with Gasteiger partial charge in [-0.05, 0) is 103 Å². The van der Waals surface area contributed by atoms with E-state index < -0.39 is 0 Å². The number of carbonyl (C=O) groups is 3. The number of nitrogens with one attached hydrogen (secondary N) is 1. The molecule has 1 saturated carbocycles. The molecule has 1 rings (SSSR count). The Bertz CT molecular complexity index is 916. The molecule has 58 heavy (non-hydrogen) atoms. The molecule has 0 spiro atoms. The summed E-state index contributed by atoms with van der Waals surface area (Å²) in [4.78, 5) is 39.9. The number of hydrogen-bond donors (Lipinski definition) is 1. The summed E-state index contributed by atoms with van der Waals surface area (Å²) in [5, 5.41) is 3.14. The fraction of sp³-hybridized carbons (Fsp3) is 0.941. The Balaban J connectivity index is 2.30. The van der Waals surface area contributed by atoms with Crippen molar-refractivity contribution in [2.75, 3.05) is 32.8 Å². The van der Waals surface area contributed by atoms with Gasteiger partial charge in [-0.15, -0.1) is 0 Å². The minimum atomic E-state index is -0.0177. The van der Waals surface area contributed by atoms with Crippen LogP contribution in [-0.4, -0.2) is 61.6 Å². The number of unbranched alkanes of at least 4 members (excludes halogenated alkanes) is 20. The van der Waals surface area contributed by atoms with E-state index in [0.717, 1.165) is 103 Å². The Morgan fingerprint density at radius 2 is 0.948 bits per heavy atom. The maximum atomic E-state index is 12.8. The monoisotopic (exact) mass is 819 g/mol. The van der Waals surface area contributed by atoms with E-state index in [1.807, 2.05) is 0 Å². The van der Waals surface area contributed by atoms with Gasteiger partial charge in [-0.25, -0.2) is 0 Å². The molecule has 1 N–H and O–H groups in total. The summed E-state index contributed by atoms with van der Waals surface area (Å²) in [6, 6.07) is 0. The largest absolute Gasteiger partial charge is 0.466 e. The molecule has 342 valence electrons. The second-order valence-corrected chi connectivity index (χ2v) is 18.2. The fourth-order valence-electron chi connectivity index (χ4n) is 8.25. The first-order chi connectivity index (χ1) is 28.4. The van der Waals surface area contributed by atoms with E-state index in [0.29, 0.717) is 25.4 Å². The molecule has 0 unspecified atom stereocenters. The number of nitrogens with zero attached hydrogens (tertiary/aromatic N) is 1.